The molecule has 3 aromatic rings. The first-order valence-electron chi connectivity index (χ1n) is 10.5. The van der Waals surface area contributed by atoms with Gasteiger partial charge in [0.15, 0.2) is 17.0 Å². The summed E-state index contributed by atoms with van der Waals surface area (Å²) >= 11 is 0. The Balaban J connectivity index is 1.55. The monoisotopic (exact) mass is 454 g/mol. The van der Waals surface area contributed by atoms with E-state index in [1.807, 2.05) is 18.2 Å². The highest BCUT2D eigenvalue weighted by Gasteiger charge is 2.21. The molecule has 2 aromatic heterocycles. The van der Waals surface area contributed by atoms with E-state index in [2.05, 4.69) is 25.6 Å². The number of rotatable bonds is 10. The molecule has 1 atom stereocenters. The molecule has 174 valence electrons. The van der Waals surface area contributed by atoms with Gasteiger partial charge in [-0.25, -0.2) is 24.5 Å². The highest BCUT2D eigenvalue weighted by molar-refractivity contribution is 5.97. The number of ether oxygens (including phenoxy) is 1. The second kappa shape index (κ2) is 11.0. The minimum absolute atomic E-state index is 0.0510. The lowest BCUT2D eigenvalue weighted by Crippen LogP contribution is -2.41. The van der Waals surface area contributed by atoms with Gasteiger partial charge in [0.1, 0.15) is 19.0 Å². The number of hydrogen-bond donors (Lipinski definition) is 3. The van der Waals surface area contributed by atoms with E-state index in [1.54, 1.807) is 36.9 Å². The summed E-state index contributed by atoms with van der Waals surface area (Å²) in [6.07, 6.45) is 2.71. The fourth-order valence-corrected chi connectivity index (χ4v) is 3.03. The molecule has 11 nitrogen and oxygen atoms in total. The molecule has 2 amide bonds. The van der Waals surface area contributed by atoms with Crippen LogP contribution in [0, 0.1) is 5.92 Å². The van der Waals surface area contributed by atoms with Crippen molar-refractivity contribution in [2.24, 2.45) is 5.92 Å². The van der Waals surface area contributed by atoms with Crippen molar-refractivity contribution in [2.45, 2.75) is 45.9 Å². The Bertz CT molecular complexity index is 1110. The molecule has 11 heteroatoms. The number of carbonyl (C=O) groups excluding carboxylic acids is 2. The van der Waals surface area contributed by atoms with Gasteiger partial charge in [0.25, 0.3) is 0 Å². The molecule has 3 rings (SSSR count). The molecule has 33 heavy (non-hydrogen) atoms. The summed E-state index contributed by atoms with van der Waals surface area (Å²) < 4.78 is 6.84. The number of carbonyl (C=O) groups is 3. The maximum absolute atomic E-state index is 12.0. The SMILES string of the molecule is CC(C)C(=O)Nc1ncnc2c1ncn2CCC[C@H](NC(=O)OCc1ccccc1)C(=O)O. The molecule has 1 aromatic carbocycles. The number of aryl methyl sites for hydroxylation is 1. The van der Waals surface area contributed by atoms with E-state index in [1.165, 1.54) is 6.33 Å². The Morgan fingerprint density at radius 2 is 1.88 bits per heavy atom. The second-order valence-electron chi connectivity index (χ2n) is 7.72. The number of imidazole rings is 1. The molecule has 0 aliphatic rings. The summed E-state index contributed by atoms with van der Waals surface area (Å²) in [5.41, 5.74) is 1.77. The zero-order valence-corrected chi connectivity index (χ0v) is 18.4. The Labute approximate surface area is 190 Å². The Morgan fingerprint density at radius 1 is 1.12 bits per heavy atom. The molecule has 0 unspecified atom stereocenters. The van der Waals surface area contributed by atoms with Crippen LogP contribution in [0.1, 0.15) is 32.3 Å². The largest absolute Gasteiger partial charge is 0.480 e. The summed E-state index contributed by atoms with van der Waals surface area (Å²) in [6, 6.07) is 8.01. The van der Waals surface area contributed by atoms with Gasteiger partial charge in [-0.15, -0.1) is 0 Å². The quantitative estimate of drug-likeness (QED) is 0.423. The maximum Gasteiger partial charge on any atom is 0.408 e. The van der Waals surface area contributed by atoms with E-state index >= 15 is 0 Å². The van der Waals surface area contributed by atoms with E-state index in [0.29, 0.717) is 29.9 Å². The number of anilines is 1. The molecule has 0 saturated heterocycles. The summed E-state index contributed by atoms with van der Waals surface area (Å²) in [5.74, 6) is -1.22. The molecule has 0 aliphatic heterocycles. The number of carboxylic acids is 1. The molecule has 0 aliphatic carbocycles. The van der Waals surface area contributed by atoms with Crippen LogP contribution in [-0.2, 0) is 27.5 Å². The Hall–Kier alpha value is -4.02. The van der Waals surface area contributed by atoms with E-state index in [9.17, 15) is 19.5 Å². The summed E-state index contributed by atoms with van der Waals surface area (Å²) in [5, 5.41) is 14.6. The van der Waals surface area contributed by atoms with Gasteiger partial charge >= 0.3 is 12.1 Å². The van der Waals surface area contributed by atoms with Crippen molar-refractivity contribution in [2.75, 3.05) is 5.32 Å². The van der Waals surface area contributed by atoms with Crippen LogP contribution < -0.4 is 10.6 Å². The lowest BCUT2D eigenvalue weighted by Gasteiger charge is -2.15. The van der Waals surface area contributed by atoms with Crippen LogP contribution in [0.3, 0.4) is 0 Å². The molecule has 3 N–H and O–H groups in total. The third-order valence-electron chi connectivity index (χ3n) is 4.86. The van der Waals surface area contributed by atoms with Gasteiger partial charge in [-0.2, -0.15) is 0 Å². The van der Waals surface area contributed by atoms with Gasteiger partial charge in [-0.3, -0.25) is 4.79 Å². The number of amides is 2. The lowest BCUT2D eigenvalue weighted by atomic mass is 10.1. The van der Waals surface area contributed by atoms with Crippen LogP contribution >= 0.6 is 0 Å². The van der Waals surface area contributed by atoms with Crippen LogP contribution in [0.25, 0.3) is 11.2 Å². The second-order valence-corrected chi connectivity index (χ2v) is 7.72. The van der Waals surface area contributed by atoms with Gasteiger partial charge in [0, 0.05) is 12.5 Å². The zero-order chi connectivity index (χ0) is 23.8. The summed E-state index contributed by atoms with van der Waals surface area (Å²) in [6.45, 7) is 4.01. The standard InChI is InChI=1S/C22H26N6O5/c1-14(2)20(29)27-18-17-19(24-12-23-18)28(13-25-17)10-6-9-16(21(30)31)26-22(32)33-11-15-7-4-3-5-8-15/h3-5,7-8,12-14,16H,6,9-11H2,1-2H3,(H,26,32)(H,30,31)(H,23,24,27,29)/t16-/m0/s1. The van der Waals surface area contributed by atoms with Crippen molar-refractivity contribution in [3.63, 3.8) is 0 Å². The summed E-state index contributed by atoms with van der Waals surface area (Å²) in [7, 11) is 0. The third-order valence-corrected chi connectivity index (χ3v) is 4.86. The topological polar surface area (TPSA) is 148 Å². The van der Waals surface area contributed by atoms with Gasteiger partial charge < -0.3 is 25.0 Å². The molecule has 0 saturated carbocycles. The number of alkyl carbamates (subject to hydrolysis) is 1. The first-order valence-corrected chi connectivity index (χ1v) is 10.5. The van der Waals surface area contributed by atoms with Crippen LogP contribution in [0.4, 0.5) is 10.6 Å². The fraction of sp³-hybridized carbons (Fsp3) is 0.364. The molecule has 0 fully saturated rings. The van der Waals surface area contributed by atoms with Crippen LogP contribution in [0.15, 0.2) is 43.0 Å². The normalized spacial score (nSPS) is 11.8. The number of aliphatic carboxylic acids is 1. The maximum atomic E-state index is 12.0. The van der Waals surface area contributed by atoms with Crippen LogP contribution in [0.5, 0.6) is 0 Å². The third kappa shape index (κ3) is 6.48. The van der Waals surface area contributed by atoms with Crippen molar-refractivity contribution in [3.8, 4) is 0 Å². The number of hydrogen-bond acceptors (Lipinski definition) is 7. The van der Waals surface area contributed by atoms with Crippen molar-refractivity contribution >= 4 is 35.0 Å². The highest BCUT2D eigenvalue weighted by Crippen LogP contribution is 2.18. The van der Waals surface area contributed by atoms with Crippen molar-refractivity contribution in [1.29, 1.82) is 0 Å². The molecule has 0 bridgehead atoms. The average molecular weight is 454 g/mol. The van der Waals surface area contributed by atoms with Crippen LogP contribution in [0.2, 0.25) is 0 Å². The zero-order valence-electron chi connectivity index (χ0n) is 18.4. The molecule has 0 radical (unpaired) electrons. The number of carboxylic acid groups (broad SMARTS) is 1. The van der Waals surface area contributed by atoms with E-state index in [0.717, 1.165) is 5.56 Å². The number of nitrogens with one attached hydrogen (secondary N) is 2. The van der Waals surface area contributed by atoms with Gasteiger partial charge in [0.05, 0.1) is 6.33 Å². The number of nitrogens with zero attached hydrogens (tertiary/aromatic N) is 4. The average Bonchev–Trinajstić information content (AvgIpc) is 3.21. The molecule has 0 spiro atoms. The van der Waals surface area contributed by atoms with E-state index in [4.69, 9.17) is 4.74 Å². The molecule has 2 heterocycles. The van der Waals surface area contributed by atoms with Gasteiger partial charge in [0.2, 0.25) is 5.91 Å². The van der Waals surface area contributed by atoms with Crippen LogP contribution in [-0.4, -0.2) is 48.6 Å². The van der Waals surface area contributed by atoms with E-state index < -0.39 is 18.1 Å². The predicted octanol–water partition coefficient (Wildman–Crippen LogP) is 2.58. The fourth-order valence-electron chi connectivity index (χ4n) is 3.03. The minimum Gasteiger partial charge on any atom is -0.480 e. The number of aromatic nitrogens is 4. The van der Waals surface area contributed by atoms with Crippen molar-refractivity contribution in [3.05, 3.63) is 48.5 Å². The Morgan fingerprint density at radius 3 is 2.58 bits per heavy atom. The Kier molecular flexibility index (Phi) is 7.90. The number of benzene rings is 1. The minimum atomic E-state index is -1.15. The first kappa shape index (κ1) is 23.6. The smallest absolute Gasteiger partial charge is 0.408 e. The van der Waals surface area contributed by atoms with Gasteiger partial charge in [-0.05, 0) is 18.4 Å². The van der Waals surface area contributed by atoms with E-state index in [-0.39, 0.29) is 24.9 Å². The predicted molar refractivity (Wildman–Crippen MR) is 119 cm³/mol. The number of fused-ring (bicyclic) bond motifs is 1. The van der Waals surface area contributed by atoms with Gasteiger partial charge in [-0.1, -0.05) is 44.2 Å². The highest BCUT2D eigenvalue weighted by atomic mass is 16.5. The van der Waals surface area contributed by atoms with Crippen molar-refractivity contribution in [1.82, 2.24) is 24.8 Å². The molecular formula is C22H26N6O5. The van der Waals surface area contributed by atoms with Crippen molar-refractivity contribution < 1.29 is 24.2 Å². The summed E-state index contributed by atoms with van der Waals surface area (Å²) in [4.78, 5) is 48.1. The first-order chi connectivity index (χ1) is 15.8. The molecular weight excluding hydrogens is 428 g/mol. The lowest BCUT2D eigenvalue weighted by molar-refractivity contribution is -0.139.